The second kappa shape index (κ2) is 5.60. The van der Waals surface area contributed by atoms with Gasteiger partial charge in [0.2, 0.25) is 0 Å². The highest BCUT2D eigenvalue weighted by Crippen LogP contribution is 2.18. The molecule has 0 aliphatic rings. The molecule has 94 valence electrons. The second-order valence-electron chi connectivity index (χ2n) is 3.98. The molecule has 0 radical (unpaired) electrons. The van der Waals surface area contributed by atoms with Crippen LogP contribution in [0.25, 0.3) is 0 Å². The summed E-state index contributed by atoms with van der Waals surface area (Å²) in [6.45, 7) is 2.36. The van der Waals surface area contributed by atoms with Crippen molar-refractivity contribution in [1.29, 1.82) is 0 Å². The van der Waals surface area contributed by atoms with E-state index >= 15 is 0 Å². The van der Waals surface area contributed by atoms with Gasteiger partial charge in [0, 0.05) is 17.8 Å². The van der Waals surface area contributed by atoms with Crippen LogP contribution in [0.15, 0.2) is 36.4 Å². The summed E-state index contributed by atoms with van der Waals surface area (Å²) in [5, 5.41) is 0. The van der Waals surface area contributed by atoms with Crippen LogP contribution in [-0.2, 0) is 13.2 Å². The highest BCUT2D eigenvalue weighted by atomic mass is 19.1. The summed E-state index contributed by atoms with van der Waals surface area (Å²) in [5.41, 5.74) is 7.69. The van der Waals surface area contributed by atoms with Gasteiger partial charge < -0.3 is 10.5 Å². The fraction of sp³-hybridized carbons (Fsp3) is 0.214. The predicted molar refractivity (Wildman–Crippen MR) is 67.6 cm³/mol. The largest absolute Gasteiger partial charge is 0.487 e. The Hall–Kier alpha value is -1.94. The number of aromatic nitrogens is 1. The SMILES string of the molecule is Cc1ccc(OCc2ccccc2F)c(CN)n1. The van der Waals surface area contributed by atoms with Crippen molar-refractivity contribution in [2.45, 2.75) is 20.1 Å². The first-order valence-corrected chi connectivity index (χ1v) is 5.73. The molecule has 0 amide bonds. The van der Waals surface area contributed by atoms with Crippen LogP contribution in [0.4, 0.5) is 4.39 Å². The van der Waals surface area contributed by atoms with Gasteiger partial charge in [-0.15, -0.1) is 0 Å². The van der Waals surface area contributed by atoms with Gasteiger partial charge in [-0.2, -0.15) is 0 Å². The molecule has 18 heavy (non-hydrogen) atoms. The Bertz CT molecular complexity index is 543. The standard InChI is InChI=1S/C14H15FN2O/c1-10-6-7-14(13(8-16)17-10)18-9-11-4-2-3-5-12(11)15/h2-7H,8-9,16H2,1H3. The molecule has 0 bridgehead atoms. The molecule has 0 fully saturated rings. The van der Waals surface area contributed by atoms with Crippen molar-refractivity contribution in [2.75, 3.05) is 0 Å². The second-order valence-corrected chi connectivity index (χ2v) is 3.98. The highest BCUT2D eigenvalue weighted by Gasteiger charge is 2.06. The van der Waals surface area contributed by atoms with Gasteiger partial charge in [-0.3, -0.25) is 4.98 Å². The summed E-state index contributed by atoms with van der Waals surface area (Å²) >= 11 is 0. The maximum Gasteiger partial charge on any atom is 0.142 e. The van der Waals surface area contributed by atoms with Crippen LogP contribution < -0.4 is 10.5 Å². The maximum atomic E-state index is 13.4. The Morgan fingerprint density at radius 1 is 1.22 bits per heavy atom. The Kier molecular flexibility index (Phi) is 3.89. The number of hydrogen-bond acceptors (Lipinski definition) is 3. The van der Waals surface area contributed by atoms with Crippen LogP contribution >= 0.6 is 0 Å². The Labute approximate surface area is 105 Å². The molecule has 0 atom stereocenters. The van der Waals surface area contributed by atoms with Crippen molar-refractivity contribution >= 4 is 0 Å². The lowest BCUT2D eigenvalue weighted by Gasteiger charge is -2.10. The van der Waals surface area contributed by atoms with E-state index in [1.165, 1.54) is 6.07 Å². The fourth-order valence-electron chi connectivity index (χ4n) is 1.65. The first-order valence-electron chi connectivity index (χ1n) is 5.73. The number of ether oxygens (including phenoxy) is 1. The van der Waals surface area contributed by atoms with Crippen molar-refractivity contribution in [1.82, 2.24) is 4.98 Å². The maximum absolute atomic E-state index is 13.4. The number of halogens is 1. The molecule has 0 saturated heterocycles. The normalized spacial score (nSPS) is 10.4. The lowest BCUT2D eigenvalue weighted by atomic mass is 10.2. The van der Waals surface area contributed by atoms with Gasteiger partial charge in [0.25, 0.3) is 0 Å². The van der Waals surface area contributed by atoms with Gasteiger partial charge in [-0.05, 0) is 25.1 Å². The van der Waals surface area contributed by atoms with E-state index in [2.05, 4.69) is 4.98 Å². The van der Waals surface area contributed by atoms with Gasteiger partial charge in [0.15, 0.2) is 0 Å². The summed E-state index contributed by atoms with van der Waals surface area (Å²) in [6.07, 6.45) is 0. The monoisotopic (exact) mass is 246 g/mol. The molecule has 0 aliphatic heterocycles. The molecule has 1 aromatic carbocycles. The average Bonchev–Trinajstić information content (AvgIpc) is 2.39. The molecule has 0 spiro atoms. The van der Waals surface area contributed by atoms with E-state index in [1.54, 1.807) is 18.2 Å². The predicted octanol–water partition coefficient (Wildman–Crippen LogP) is 2.57. The number of nitrogens with two attached hydrogens (primary N) is 1. The van der Waals surface area contributed by atoms with Gasteiger partial charge in [-0.1, -0.05) is 18.2 Å². The van der Waals surface area contributed by atoms with Crippen LogP contribution in [-0.4, -0.2) is 4.98 Å². The van der Waals surface area contributed by atoms with E-state index in [0.29, 0.717) is 23.6 Å². The summed E-state index contributed by atoms with van der Waals surface area (Å²) in [7, 11) is 0. The van der Waals surface area contributed by atoms with E-state index in [9.17, 15) is 4.39 Å². The van der Waals surface area contributed by atoms with E-state index in [4.69, 9.17) is 10.5 Å². The van der Waals surface area contributed by atoms with Gasteiger partial charge in [0.1, 0.15) is 18.2 Å². The number of benzene rings is 1. The number of pyridine rings is 1. The first-order chi connectivity index (χ1) is 8.70. The summed E-state index contributed by atoms with van der Waals surface area (Å²) in [5.74, 6) is 0.332. The van der Waals surface area contributed by atoms with Crippen molar-refractivity contribution in [3.8, 4) is 5.75 Å². The highest BCUT2D eigenvalue weighted by molar-refractivity contribution is 5.29. The Balaban J connectivity index is 2.13. The third kappa shape index (κ3) is 2.84. The zero-order valence-corrected chi connectivity index (χ0v) is 10.2. The van der Waals surface area contributed by atoms with Crippen molar-refractivity contribution in [3.05, 3.63) is 59.2 Å². The van der Waals surface area contributed by atoms with Crippen molar-refractivity contribution in [3.63, 3.8) is 0 Å². The van der Waals surface area contributed by atoms with Crippen LogP contribution in [0.3, 0.4) is 0 Å². The zero-order valence-electron chi connectivity index (χ0n) is 10.2. The topological polar surface area (TPSA) is 48.1 Å². The number of rotatable bonds is 4. The molecular formula is C14H15FN2O. The van der Waals surface area contributed by atoms with Crippen LogP contribution in [0.1, 0.15) is 17.0 Å². The van der Waals surface area contributed by atoms with E-state index in [-0.39, 0.29) is 12.4 Å². The number of nitrogens with zero attached hydrogens (tertiary/aromatic N) is 1. The molecule has 0 aliphatic carbocycles. The van der Waals surface area contributed by atoms with E-state index in [0.717, 1.165) is 5.69 Å². The van der Waals surface area contributed by atoms with Crippen LogP contribution in [0.5, 0.6) is 5.75 Å². The first kappa shape index (κ1) is 12.5. The third-order valence-electron chi connectivity index (χ3n) is 2.61. The minimum Gasteiger partial charge on any atom is -0.487 e. The minimum absolute atomic E-state index is 0.171. The Morgan fingerprint density at radius 2 is 2.00 bits per heavy atom. The van der Waals surface area contributed by atoms with E-state index < -0.39 is 0 Å². The molecule has 3 nitrogen and oxygen atoms in total. The summed E-state index contributed by atoms with van der Waals surface area (Å²) in [4.78, 5) is 4.28. The van der Waals surface area contributed by atoms with Crippen LogP contribution in [0, 0.1) is 12.7 Å². The lowest BCUT2D eigenvalue weighted by Crippen LogP contribution is -2.06. The van der Waals surface area contributed by atoms with Crippen molar-refractivity contribution in [2.24, 2.45) is 5.73 Å². The fourth-order valence-corrected chi connectivity index (χ4v) is 1.65. The molecule has 2 N–H and O–H groups in total. The molecular weight excluding hydrogens is 231 g/mol. The molecule has 2 rings (SSSR count). The smallest absolute Gasteiger partial charge is 0.142 e. The minimum atomic E-state index is -0.271. The molecule has 0 saturated carbocycles. The van der Waals surface area contributed by atoms with Crippen molar-refractivity contribution < 1.29 is 9.13 Å². The zero-order chi connectivity index (χ0) is 13.0. The van der Waals surface area contributed by atoms with Gasteiger partial charge in [-0.25, -0.2) is 4.39 Å². The van der Waals surface area contributed by atoms with Gasteiger partial charge in [0.05, 0.1) is 5.69 Å². The number of aryl methyl sites for hydroxylation is 1. The van der Waals surface area contributed by atoms with E-state index in [1.807, 2.05) is 19.1 Å². The Morgan fingerprint density at radius 3 is 2.72 bits per heavy atom. The molecule has 1 aromatic heterocycles. The molecule has 0 unspecified atom stereocenters. The quantitative estimate of drug-likeness (QED) is 0.902. The third-order valence-corrected chi connectivity index (χ3v) is 2.61. The van der Waals surface area contributed by atoms with Crippen LogP contribution in [0.2, 0.25) is 0 Å². The molecule has 1 heterocycles. The number of hydrogen-bond donors (Lipinski definition) is 1. The lowest BCUT2D eigenvalue weighted by molar-refractivity contribution is 0.295. The molecule has 2 aromatic rings. The summed E-state index contributed by atoms with van der Waals surface area (Å²) < 4.78 is 19.0. The summed E-state index contributed by atoms with van der Waals surface area (Å²) in [6, 6.07) is 10.2. The molecule has 4 heteroatoms. The average molecular weight is 246 g/mol. The van der Waals surface area contributed by atoms with Gasteiger partial charge >= 0.3 is 0 Å².